The van der Waals surface area contributed by atoms with Crippen LogP contribution in [0, 0.1) is 5.82 Å². The molecule has 9 nitrogen and oxygen atoms in total. The number of halogens is 1. The summed E-state index contributed by atoms with van der Waals surface area (Å²) in [6.45, 7) is 0.267. The van der Waals surface area contributed by atoms with E-state index in [-0.39, 0.29) is 42.0 Å². The van der Waals surface area contributed by atoms with Crippen LogP contribution in [-0.4, -0.2) is 39.2 Å². The van der Waals surface area contributed by atoms with Gasteiger partial charge in [-0.15, -0.1) is 0 Å². The number of aromatic nitrogens is 3. The van der Waals surface area contributed by atoms with Crippen molar-refractivity contribution in [1.82, 2.24) is 14.8 Å². The molecule has 0 saturated heterocycles. The highest BCUT2D eigenvalue weighted by molar-refractivity contribution is 5.89. The van der Waals surface area contributed by atoms with Crippen molar-refractivity contribution in [3.8, 4) is 22.8 Å². The Morgan fingerprint density at radius 3 is 2.73 bits per heavy atom. The van der Waals surface area contributed by atoms with Crippen LogP contribution in [0.25, 0.3) is 11.3 Å². The minimum absolute atomic E-state index is 0.0174. The van der Waals surface area contributed by atoms with Gasteiger partial charge in [-0.05, 0) is 24.3 Å². The Bertz CT molecular complexity index is 1180. The van der Waals surface area contributed by atoms with Crippen molar-refractivity contribution in [2.75, 3.05) is 23.8 Å². The standard InChI is InChI=1S/C20H18FN5O4/c1-25-14(4-5-23-25)11-6-16-19(24-18(11)22)26(20(27)28)7-12-13(21)2-3-15-17(12)10(8-29-15)9-30-16/h2-6,10H,7-9H2,1H3,(H2,22,24)(H,27,28)/t10-/m1/s1. The summed E-state index contributed by atoms with van der Waals surface area (Å²) in [5, 5.41) is 14.0. The fourth-order valence-corrected chi connectivity index (χ4v) is 3.98. The summed E-state index contributed by atoms with van der Waals surface area (Å²) in [5.41, 5.74) is 8.31. The van der Waals surface area contributed by atoms with E-state index >= 15 is 0 Å². The summed E-state index contributed by atoms with van der Waals surface area (Å²) in [6.07, 6.45) is 0.326. The van der Waals surface area contributed by atoms with Gasteiger partial charge in [0, 0.05) is 29.9 Å². The van der Waals surface area contributed by atoms with Crippen LogP contribution in [0.4, 0.5) is 20.8 Å². The zero-order valence-corrected chi connectivity index (χ0v) is 16.0. The molecule has 0 radical (unpaired) electrons. The number of benzene rings is 1. The molecule has 2 aliphatic rings. The first kappa shape index (κ1) is 18.2. The van der Waals surface area contributed by atoms with Gasteiger partial charge in [0.1, 0.15) is 17.4 Å². The molecule has 3 N–H and O–H groups in total. The van der Waals surface area contributed by atoms with Crippen LogP contribution in [0.2, 0.25) is 0 Å². The summed E-state index contributed by atoms with van der Waals surface area (Å²) < 4.78 is 28.0. The van der Waals surface area contributed by atoms with Crippen LogP contribution in [0.3, 0.4) is 0 Å². The van der Waals surface area contributed by atoms with Crippen molar-refractivity contribution in [3.05, 3.63) is 47.4 Å². The number of amides is 1. The quantitative estimate of drug-likeness (QED) is 0.632. The molecule has 1 atom stereocenters. The number of carboxylic acid groups (broad SMARTS) is 1. The number of nitrogen functional groups attached to an aromatic ring is 1. The maximum absolute atomic E-state index is 14.7. The van der Waals surface area contributed by atoms with Crippen LogP contribution >= 0.6 is 0 Å². The summed E-state index contributed by atoms with van der Waals surface area (Å²) in [6, 6.07) is 6.25. The molecular formula is C20H18FN5O4. The van der Waals surface area contributed by atoms with Gasteiger partial charge in [-0.3, -0.25) is 9.58 Å². The number of hydrogen-bond acceptors (Lipinski definition) is 6. The molecule has 0 fully saturated rings. The third-order valence-corrected chi connectivity index (χ3v) is 5.45. The number of nitrogens with zero attached hydrogens (tertiary/aromatic N) is 4. The monoisotopic (exact) mass is 411 g/mol. The van der Waals surface area contributed by atoms with Crippen LogP contribution in [0.1, 0.15) is 17.0 Å². The van der Waals surface area contributed by atoms with Crippen molar-refractivity contribution < 1.29 is 23.8 Å². The smallest absolute Gasteiger partial charge is 0.413 e. The molecule has 1 aromatic carbocycles. The van der Waals surface area contributed by atoms with E-state index < -0.39 is 11.9 Å². The SMILES string of the molecule is Cn1nccc1-c1cc2c(nc1N)N(C(=O)O)Cc1c(F)ccc3c1[C@@H](CO2)CO3. The number of hydrogen-bond donors (Lipinski definition) is 2. The zero-order chi connectivity index (χ0) is 21.0. The van der Waals surface area contributed by atoms with Crippen molar-refractivity contribution in [2.24, 2.45) is 7.05 Å². The summed E-state index contributed by atoms with van der Waals surface area (Å²) >= 11 is 0. The fourth-order valence-electron chi connectivity index (χ4n) is 3.98. The van der Waals surface area contributed by atoms with E-state index in [9.17, 15) is 14.3 Å². The Balaban J connectivity index is 1.69. The zero-order valence-electron chi connectivity index (χ0n) is 16.0. The van der Waals surface area contributed by atoms with Crippen molar-refractivity contribution in [1.29, 1.82) is 0 Å². The lowest BCUT2D eigenvalue weighted by Gasteiger charge is -2.22. The summed E-state index contributed by atoms with van der Waals surface area (Å²) in [5.74, 6) is 0.184. The van der Waals surface area contributed by atoms with E-state index in [1.165, 1.54) is 6.07 Å². The minimum atomic E-state index is -1.30. The molecule has 1 amide bonds. The van der Waals surface area contributed by atoms with Gasteiger partial charge in [0.05, 0.1) is 31.4 Å². The van der Waals surface area contributed by atoms with Gasteiger partial charge in [-0.2, -0.15) is 5.10 Å². The molecule has 5 rings (SSSR count). The Morgan fingerprint density at radius 2 is 2.03 bits per heavy atom. The number of aryl methyl sites for hydroxylation is 1. The molecule has 10 heteroatoms. The lowest BCUT2D eigenvalue weighted by molar-refractivity contribution is 0.200. The largest absolute Gasteiger partial charge is 0.493 e. The molecule has 0 bridgehead atoms. The molecule has 30 heavy (non-hydrogen) atoms. The normalized spacial score (nSPS) is 17.1. The molecule has 3 aromatic rings. The number of rotatable bonds is 1. The first-order chi connectivity index (χ1) is 14.4. The number of anilines is 2. The average molecular weight is 411 g/mol. The molecule has 4 heterocycles. The lowest BCUT2D eigenvalue weighted by Crippen LogP contribution is -2.30. The van der Waals surface area contributed by atoms with Gasteiger partial charge in [0.25, 0.3) is 0 Å². The highest BCUT2D eigenvalue weighted by Crippen LogP contribution is 2.43. The number of fused-ring (bicyclic) bond motifs is 1. The average Bonchev–Trinajstić information content (AvgIpc) is 3.32. The van der Waals surface area contributed by atoms with Crippen LogP contribution < -0.4 is 20.1 Å². The second-order valence-electron chi connectivity index (χ2n) is 7.21. The van der Waals surface area contributed by atoms with Gasteiger partial charge in [0.15, 0.2) is 11.6 Å². The Labute approximate surface area is 170 Å². The maximum Gasteiger partial charge on any atom is 0.413 e. The van der Waals surface area contributed by atoms with Gasteiger partial charge in [-0.1, -0.05) is 0 Å². The fraction of sp³-hybridized carbons (Fsp3) is 0.250. The number of carbonyl (C=O) groups is 1. The molecule has 0 spiro atoms. The van der Waals surface area contributed by atoms with Gasteiger partial charge in [-0.25, -0.2) is 14.2 Å². The highest BCUT2D eigenvalue weighted by Gasteiger charge is 2.35. The first-order valence-corrected chi connectivity index (χ1v) is 9.30. The third-order valence-electron chi connectivity index (χ3n) is 5.45. The Kier molecular flexibility index (Phi) is 4.02. The second-order valence-corrected chi connectivity index (χ2v) is 7.21. The topological polar surface area (TPSA) is 116 Å². The molecule has 2 aliphatic heterocycles. The predicted molar refractivity (Wildman–Crippen MR) is 105 cm³/mol. The lowest BCUT2D eigenvalue weighted by atomic mass is 9.95. The first-order valence-electron chi connectivity index (χ1n) is 9.30. The minimum Gasteiger partial charge on any atom is -0.493 e. The molecular weight excluding hydrogens is 393 g/mol. The van der Waals surface area contributed by atoms with E-state index in [1.54, 1.807) is 36.1 Å². The predicted octanol–water partition coefficient (Wildman–Crippen LogP) is 2.76. The van der Waals surface area contributed by atoms with Crippen molar-refractivity contribution in [2.45, 2.75) is 12.5 Å². The van der Waals surface area contributed by atoms with Crippen molar-refractivity contribution in [3.63, 3.8) is 0 Å². The number of pyridine rings is 1. The highest BCUT2D eigenvalue weighted by atomic mass is 19.1. The Hall–Kier alpha value is -3.82. The van der Waals surface area contributed by atoms with E-state index in [0.717, 1.165) is 4.90 Å². The van der Waals surface area contributed by atoms with Crippen LogP contribution in [-0.2, 0) is 13.6 Å². The Morgan fingerprint density at radius 1 is 1.27 bits per heavy atom. The third kappa shape index (κ3) is 2.71. The molecule has 0 aliphatic carbocycles. The number of ether oxygens (including phenoxy) is 2. The second kappa shape index (κ2) is 6.61. The molecule has 0 saturated carbocycles. The van der Waals surface area contributed by atoms with Gasteiger partial charge in [0.2, 0.25) is 0 Å². The van der Waals surface area contributed by atoms with Crippen molar-refractivity contribution >= 4 is 17.7 Å². The van der Waals surface area contributed by atoms with E-state index in [2.05, 4.69) is 10.1 Å². The van der Waals surface area contributed by atoms with Gasteiger partial charge < -0.3 is 20.3 Å². The maximum atomic E-state index is 14.7. The molecule has 0 unspecified atom stereocenters. The molecule has 154 valence electrons. The summed E-state index contributed by atoms with van der Waals surface area (Å²) in [7, 11) is 1.76. The van der Waals surface area contributed by atoms with E-state index in [0.29, 0.717) is 29.2 Å². The molecule has 2 aromatic heterocycles. The van der Waals surface area contributed by atoms with Gasteiger partial charge >= 0.3 is 6.09 Å². The van der Waals surface area contributed by atoms with E-state index in [4.69, 9.17) is 15.2 Å². The van der Waals surface area contributed by atoms with Crippen LogP contribution in [0.5, 0.6) is 11.5 Å². The van der Waals surface area contributed by atoms with Crippen LogP contribution in [0.15, 0.2) is 30.5 Å². The number of nitrogens with two attached hydrogens (primary N) is 1. The van der Waals surface area contributed by atoms with E-state index in [1.807, 2.05) is 0 Å². The summed E-state index contributed by atoms with van der Waals surface area (Å²) in [4.78, 5) is 17.4.